The Labute approximate surface area is 130 Å². The zero-order valence-electron chi connectivity index (χ0n) is 11.0. The lowest BCUT2D eigenvalue weighted by molar-refractivity contribution is 0.414. The predicted molar refractivity (Wildman–Crippen MR) is 83.0 cm³/mol. The van der Waals surface area contributed by atoms with Gasteiger partial charge in [0.05, 0.1) is 23.7 Å². The van der Waals surface area contributed by atoms with Crippen molar-refractivity contribution in [3.8, 4) is 5.75 Å². The zero-order chi connectivity index (χ0) is 15.0. The first-order valence-corrected chi connectivity index (χ1v) is 8.28. The Morgan fingerprint density at radius 3 is 2.52 bits per heavy atom. The van der Waals surface area contributed by atoms with Crippen molar-refractivity contribution in [2.24, 2.45) is 0 Å². The quantitative estimate of drug-likeness (QED) is 0.714. The summed E-state index contributed by atoms with van der Waals surface area (Å²) in [5.74, 6) is 0.599. The van der Waals surface area contributed by atoms with E-state index in [1.807, 2.05) is 12.1 Å². The molecule has 21 heavy (non-hydrogen) atoms. The fourth-order valence-corrected chi connectivity index (χ4v) is 3.62. The Kier molecular flexibility index (Phi) is 3.46. The maximum absolute atomic E-state index is 12.7. The van der Waals surface area contributed by atoms with Crippen LogP contribution in [-0.4, -0.2) is 24.7 Å². The molecule has 1 heterocycles. The van der Waals surface area contributed by atoms with Crippen LogP contribution in [0.15, 0.2) is 58.0 Å². The summed E-state index contributed by atoms with van der Waals surface area (Å²) >= 11 is 3.34. The van der Waals surface area contributed by atoms with Crippen molar-refractivity contribution in [3.63, 3.8) is 0 Å². The predicted octanol–water partition coefficient (Wildman–Crippen LogP) is 3.04. The third kappa shape index (κ3) is 2.43. The Morgan fingerprint density at radius 2 is 1.86 bits per heavy atom. The average molecular weight is 367 g/mol. The Morgan fingerprint density at radius 1 is 1.14 bits per heavy atom. The van der Waals surface area contributed by atoms with E-state index in [0.29, 0.717) is 11.3 Å². The Bertz CT molecular complexity index is 902. The highest BCUT2D eigenvalue weighted by molar-refractivity contribution is 9.10. The number of benzene rings is 2. The van der Waals surface area contributed by atoms with Crippen molar-refractivity contribution in [2.45, 2.75) is 4.90 Å². The van der Waals surface area contributed by atoms with Crippen molar-refractivity contribution < 1.29 is 13.2 Å². The van der Waals surface area contributed by atoms with Gasteiger partial charge in [-0.1, -0.05) is 22.0 Å². The molecule has 0 aliphatic carbocycles. The molecule has 0 saturated heterocycles. The summed E-state index contributed by atoms with van der Waals surface area (Å²) in [5, 5.41) is 4.76. The van der Waals surface area contributed by atoms with Gasteiger partial charge in [-0.2, -0.15) is 17.6 Å². The second-order valence-electron chi connectivity index (χ2n) is 4.37. The van der Waals surface area contributed by atoms with Crippen molar-refractivity contribution >= 4 is 36.9 Å². The highest BCUT2D eigenvalue weighted by Gasteiger charge is 2.20. The fraction of sp³-hybridized carbons (Fsp3) is 0.0714. The van der Waals surface area contributed by atoms with Gasteiger partial charge >= 0.3 is 0 Å². The van der Waals surface area contributed by atoms with E-state index in [9.17, 15) is 8.42 Å². The van der Waals surface area contributed by atoms with Gasteiger partial charge in [0.25, 0.3) is 10.0 Å². The Hall–Kier alpha value is -1.86. The lowest BCUT2D eigenvalue weighted by Crippen LogP contribution is -2.14. The van der Waals surface area contributed by atoms with E-state index >= 15 is 0 Å². The molecule has 3 aromatic rings. The van der Waals surface area contributed by atoms with E-state index in [1.165, 1.54) is 25.4 Å². The number of fused-ring (bicyclic) bond motifs is 1. The molecule has 0 unspecified atom stereocenters. The average Bonchev–Trinajstić information content (AvgIpc) is 2.91. The van der Waals surface area contributed by atoms with Crippen molar-refractivity contribution in [1.29, 1.82) is 0 Å². The standard InChI is InChI=1S/C14H11BrN2O3S/c1-20-12-4-6-13(7-5-12)21(18,19)17-14-8-11(15)3-2-10(14)9-16-17/h2-9H,1H3. The number of hydrogen-bond donors (Lipinski definition) is 0. The molecule has 0 N–H and O–H groups in total. The molecule has 0 atom stereocenters. The van der Waals surface area contributed by atoms with Crippen LogP contribution >= 0.6 is 15.9 Å². The Balaban J connectivity index is 2.17. The number of hydrogen-bond acceptors (Lipinski definition) is 4. The van der Waals surface area contributed by atoms with E-state index in [1.54, 1.807) is 18.2 Å². The smallest absolute Gasteiger partial charge is 0.283 e. The molecule has 0 aliphatic rings. The third-order valence-corrected chi connectivity index (χ3v) is 5.19. The molecule has 0 radical (unpaired) electrons. The van der Waals surface area contributed by atoms with Gasteiger partial charge < -0.3 is 4.74 Å². The van der Waals surface area contributed by atoms with Crippen LogP contribution in [0, 0.1) is 0 Å². The van der Waals surface area contributed by atoms with E-state index in [-0.39, 0.29) is 4.90 Å². The van der Waals surface area contributed by atoms with Crippen LogP contribution in [0.1, 0.15) is 0 Å². The molecule has 0 saturated carbocycles. The molecule has 7 heteroatoms. The minimum absolute atomic E-state index is 0.160. The van der Waals surface area contributed by atoms with Crippen LogP contribution in [0.25, 0.3) is 10.9 Å². The summed E-state index contributed by atoms with van der Waals surface area (Å²) in [6.45, 7) is 0. The third-order valence-electron chi connectivity index (χ3n) is 3.09. The highest BCUT2D eigenvalue weighted by atomic mass is 79.9. The van der Waals surface area contributed by atoms with Gasteiger partial charge in [-0.3, -0.25) is 0 Å². The van der Waals surface area contributed by atoms with Gasteiger partial charge in [0, 0.05) is 9.86 Å². The summed E-state index contributed by atoms with van der Waals surface area (Å²) in [5.41, 5.74) is 0.528. The van der Waals surface area contributed by atoms with Crippen LogP contribution < -0.4 is 4.74 Å². The largest absolute Gasteiger partial charge is 0.497 e. The first-order valence-electron chi connectivity index (χ1n) is 6.05. The number of ether oxygens (including phenoxy) is 1. The first-order chi connectivity index (χ1) is 10.0. The molecule has 0 bridgehead atoms. The summed E-state index contributed by atoms with van der Waals surface area (Å²) in [6, 6.07) is 11.6. The lowest BCUT2D eigenvalue weighted by Gasteiger charge is -2.07. The summed E-state index contributed by atoms with van der Waals surface area (Å²) < 4.78 is 32.2. The number of methoxy groups -OCH3 is 1. The van der Waals surface area contributed by atoms with E-state index in [2.05, 4.69) is 21.0 Å². The molecule has 5 nitrogen and oxygen atoms in total. The second kappa shape index (κ2) is 5.16. The van der Waals surface area contributed by atoms with Crippen molar-refractivity contribution in [2.75, 3.05) is 7.11 Å². The number of rotatable bonds is 3. The van der Waals surface area contributed by atoms with Gasteiger partial charge in [0.15, 0.2) is 0 Å². The molecule has 3 rings (SSSR count). The molecule has 1 aromatic heterocycles. The van der Waals surface area contributed by atoms with Crippen LogP contribution in [-0.2, 0) is 10.0 Å². The fourth-order valence-electron chi connectivity index (χ4n) is 2.01. The SMILES string of the molecule is COc1ccc(S(=O)(=O)n2ncc3ccc(Br)cc32)cc1. The monoisotopic (exact) mass is 366 g/mol. The maximum atomic E-state index is 12.7. The van der Waals surface area contributed by atoms with E-state index < -0.39 is 10.0 Å². The molecule has 2 aromatic carbocycles. The first kappa shape index (κ1) is 14.1. The van der Waals surface area contributed by atoms with Crippen LogP contribution in [0.5, 0.6) is 5.75 Å². The van der Waals surface area contributed by atoms with Gasteiger partial charge in [0.1, 0.15) is 5.75 Å². The van der Waals surface area contributed by atoms with Gasteiger partial charge in [0.2, 0.25) is 0 Å². The van der Waals surface area contributed by atoms with Crippen molar-refractivity contribution in [1.82, 2.24) is 9.19 Å². The lowest BCUT2D eigenvalue weighted by atomic mass is 10.3. The van der Waals surface area contributed by atoms with Gasteiger partial charge in [-0.25, -0.2) is 0 Å². The van der Waals surface area contributed by atoms with Crippen LogP contribution in [0.3, 0.4) is 0 Å². The van der Waals surface area contributed by atoms with E-state index in [0.717, 1.165) is 13.9 Å². The van der Waals surface area contributed by atoms with E-state index in [4.69, 9.17) is 4.74 Å². The topological polar surface area (TPSA) is 61.2 Å². The van der Waals surface area contributed by atoms with Crippen molar-refractivity contribution in [3.05, 3.63) is 53.1 Å². The molecule has 0 aliphatic heterocycles. The summed E-state index contributed by atoms with van der Waals surface area (Å²) in [6.07, 6.45) is 1.53. The van der Waals surface area contributed by atoms with Crippen LogP contribution in [0.4, 0.5) is 0 Å². The second-order valence-corrected chi connectivity index (χ2v) is 7.05. The van der Waals surface area contributed by atoms with Gasteiger partial charge in [-0.05, 0) is 36.4 Å². The normalized spacial score (nSPS) is 11.7. The molecule has 0 fully saturated rings. The van der Waals surface area contributed by atoms with Gasteiger partial charge in [-0.15, -0.1) is 0 Å². The molecular formula is C14H11BrN2O3S. The minimum Gasteiger partial charge on any atom is -0.497 e. The zero-order valence-corrected chi connectivity index (χ0v) is 13.4. The molecule has 108 valence electrons. The molecule has 0 amide bonds. The minimum atomic E-state index is -3.73. The number of halogens is 1. The number of nitrogens with zero attached hydrogens (tertiary/aromatic N) is 2. The van der Waals surface area contributed by atoms with Crippen LogP contribution in [0.2, 0.25) is 0 Å². The highest BCUT2D eigenvalue weighted by Crippen LogP contribution is 2.24. The maximum Gasteiger partial charge on any atom is 0.283 e. The summed E-state index contributed by atoms with van der Waals surface area (Å²) in [4.78, 5) is 0.160. The molecular weight excluding hydrogens is 356 g/mol. The number of aromatic nitrogens is 2. The molecule has 0 spiro atoms. The summed E-state index contributed by atoms with van der Waals surface area (Å²) in [7, 11) is -2.21.